The van der Waals surface area contributed by atoms with Crippen LogP contribution in [-0.4, -0.2) is 25.0 Å². The van der Waals surface area contributed by atoms with E-state index in [9.17, 15) is 0 Å². The molecule has 2 rings (SSSR count). The zero-order chi connectivity index (χ0) is 10.1. The van der Waals surface area contributed by atoms with Gasteiger partial charge in [-0.05, 0) is 19.2 Å². The zero-order valence-corrected chi connectivity index (χ0v) is 9.44. The summed E-state index contributed by atoms with van der Waals surface area (Å²) in [6, 6.07) is 5.63. The molecule has 1 heterocycles. The van der Waals surface area contributed by atoms with E-state index in [-0.39, 0.29) is 6.17 Å². The molecule has 0 bridgehead atoms. The molecule has 1 aliphatic heterocycles. The van der Waals surface area contributed by atoms with Crippen molar-refractivity contribution in [2.24, 2.45) is 0 Å². The van der Waals surface area contributed by atoms with Crippen molar-refractivity contribution in [1.82, 2.24) is 10.2 Å². The quantitative estimate of drug-likeness (QED) is 0.798. The van der Waals surface area contributed by atoms with Crippen molar-refractivity contribution in [2.45, 2.75) is 6.17 Å². The van der Waals surface area contributed by atoms with Crippen molar-refractivity contribution in [3.63, 3.8) is 0 Å². The summed E-state index contributed by atoms with van der Waals surface area (Å²) in [5.74, 6) is 0. The summed E-state index contributed by atoms with van der Waals surface area (Å²) < 4.78 is 0. The molecule has 0 unspecified atom stereocenters. The Balaban J connectivity index is 2.31. The van der Waals surface area contributed by atoms with Gasteiger partial charge in [-0.1, -0.05) is 29.3 Å². The first-order valence-corrected chi connectivity index (χ1v) is 5.32. The molecule has 76 valence electrons. The van der Waals surface area contributed by atoms with Crippen molar-refractivity contribution in [3.05, 3.63) is 33.8 Å². The van der Waals surface area contributed by atoms with Crippen LogP contribution in [0.25, 0.3) is 0 Å². The molecule has 4 heteroatoms. The molecule has 1 aromatic rings. The van der Waals surface area contributed by atoms with Crippen molar-refractivity contribution < 1.29 is 0 Å². The van der Waals surface area contributed by atoms with E-state index >= 15 is 0 Å². The molecule has 1 aliphatic rings. The lowest BCUT2D eigenvalue weighted by Crippen LogP contribution is -2.23. The van der Waals surface area contributed by atoms with E-state index < -0.39 is 0 Å². The van der Waals surface area contributed by atoms with Gasteiger partial charge in [-0.15, -0.1) is 0 Å². The number of nitrogens with zero attached hydrogens (tertiary/aromatic N) is 1. The normalized spacial score (nSPS) is 22.9. The first kappa shape index (κ1) is 10.2. The highest BCUT2D eigenvalue weighted by molar-refractivity contribution is 6.35. The van der Waals surface area contributed by atoms with E-state index in [1.54, 1.807) is 6.07 Å². The van der Waals surface area contributed by atoms with Crippen LogP contribution in [0.15, 0.2) is 18.2 Å². The maximum absolute atomic E-state index is 6.12. The van der Waals surface area contributed by atoms with Crippen LogP contribution >= 0.6 is 23.2 Å². The molecule has 1 atom stereocenters. The van der Waals surface area contributed by atoms with Gasteiger partial charge in [-0.3, -0.25) is 10.2 Å². The molecule has 1 fully saturated rings. The van der Waals surface area contributed by atoms with Gasteiger partial charge in [0.1, 0.15) is 0 Å². The van der Waals surface area contributed by atoms with Crippen LogP contribution in [-0.2, 0) is 0 Å². The minimum Gasteiger partial charge on any atom is -0.297 e. The first-order chi connectivity index (χ1) is 6.68. The minimum atomic E-state index is 0.222. The summed E-state index contributed by atoms with van der Waals surface area (Å²) in [6.45, 7) is 2.05. The number of hydrogen-bond donors (Lipinski definition) is 1. The third-order valence-electron chi connectivity index (χ3n) is 2.50. The zero-order valence-electron chi connectivity index (χ0n) is 7.93. The van der Waals surface area contributed by atoms with Crippen LogP contribution < -0.4 is 5.32 Å². The summed E-state index contributed by atoms with van der Waals surface area (Å²) in [5.41, 5.74) is 1.09. The summed E-state index contributed by atoms with van der Waals surface area (Å²) >= 11 is 12.0. The molecular weight excluding hydrogens is 219 g/mol. The highest BCUT2D eigenvalue weighted by Crippen LogP contribution is 2.29. The lowest BCUT2D eigenvalue weighted by atomic mass is 10.1. The standard InChI is InChI=1S/C10H12Cl2N2/c1-14-5-4-13-10(14)8-3-2-7(11)6-9(8)12/h2-3,6,10,13H,4-5H2,1H3/t10-/m1/s1. The molecule has 1 saturated heterocycles. The summed E-state index contributed by atoms with van der Waals surface area (Å²) in [6.07, 6.45) is 0.222. The molecule has 14 heavy (non-hydrogen) atoms. The highest BCUT2D eigenvalue weighted by Gasteiger charge is 2.23. The second-order valence-corrected chi connectivity index (χ2v) is 4.35. The van der Waals surface area contributed by atoms with Gasteiger partial charge in [-0.25, -0.2) is 0 Å². The molecule has 0 saturated carbocycles. The van der Waals surface area contributed by atoms with E-state index in [4.69, 9.17) is 23.2 Å². The van der Waals surface area contributed by atoms with Gasteiger partial charge in [0.2, 0.25) is 0 Å². The molecule has 0 aliphatic carbocycles. The Morgan fingerprint density at radius 2 is 2.21 bits per heavy atom. The third kappa shape index (κ3) is 1.89. The van der Waals surface area contributed by atoms with E-state index in [1.807, 2.05) is 12.1 Å². The molecule has 0 radical (unpaired) electrons. The van der Waals surface area contributed by atoms with Gasteiger partial charge in [0, 0.05) is 28.7 Å². The number of nitrogens with one attached hydrogen (secondary N) is 1. The molecule has 1 aromatic carbocycles. The first-order valence-electron chi connectivity index (χ1n) is 4.57. The van der Waals surface area contributed by atoms with Gasteiger partial charge in [0.25, 0.3) is 0 Å². The number of hydrogen-bond acceptors (Lipinski definition) is 2. The Morgan fingerprint density at radius 1 is 1.43 bits per heavy atom. The number of benzene rings is 1. The number of likely N-dealkylation sites (N-methyl/N-ethyl adjacent to an activating group) is 1. The van der Waals surface area contributed by atoms with Crippen molar-refractivity contribution in [2.75, 3.05) is 20.1 Å². The highest BCUT2D eigenvalue weighted by atomic mass is 35.5. The predicted octanol–water partition coefficient (Wildman–Crippen LogP) is 2.53. The number of halogens is 2. The van der Waals surface area contributed by atoms with Gasteiger partial charge in [0.15, 0.2) is 0 Å². The minimum absolute atomic E-state index is 0.222. The second kappa shape index (κ2) is 4.07. The second-order valence-electron chi connectivity index (χ2n) is 3.50. The van der Waals surface area contributed by atoms with Crippen molar-refractivity contribution in [3.8, 4) is 0 Å². The molecule has 0 aromatic heterocycles. The van der Waals surface area contributed by atoms with Crippen LogP contribution in [0.5, 0.6) is 0 Å². The van der Waals surface area contributed by atoms with Gasteiger partial charge >= 0.3 is 0 Å². The Kier molecular flexibility index (Phi) is 2.98. The lowest BCUT2D eigenvalue weighted by Gasteiger charge is -2.20. The van der Waals surface area contributed by atoms with E-state index in [0.717, 1.165) is 23.7 Å². The van der Waals surface area contributed by atoms with E-state index in [2.05, 4.69) is 17.3 Å². The number of rotatable bonds is 1. The SMILES string of the molecule is CN1CCN[C@H]1c1ccc(Cl)cc1Cl. The summed E-state index contributed by atoms with van der Waals surface area (Å²) in [5, 5.41) is 4.79. The van der Waals surface area contributed by atoms with E-state index in [0.29, 0.717) is 5.02 Å². The van der Waals surface area contributed by atoms with Crippen LogP contribution in [0.3, 0.4) is 0 Å². The third-order valence-corrected chi connectivity index (χ3v) is 3.06. The van der Waals surface area contributed by atoms with Crippen molar-refractivity contribution >= 4 is 23.2 Å². The Labute approximate surface area is 93.8 Å². The van der Waals surface area contributed by atoms with Gasteiger partial charge in [0.05, 0.1) is 6.17 Å². The average molecular weight is 231 g/mol. The average Bonchev–Trinajstić information content (AvgIpc) is 2.52. The van der Waals surface area contributed by atoms with Crippen molar-refractivity contribution in [1.29, 1.82) is 0 Å². The van der Waals surface area contributed by atoms with Crippen LogP contribution in [0, 0.1) is 0 Å². The lowest BCUT2D eigenvalue weighted by molar-refractivity contribution is 0.301. The largest absolute Gasteiger partial charge is 0.297 e. The Hall–Kier alpha value is -0.280. The monoisotopic (exact) mass is 230 g/mol. The Morgan fingerprint density at radius 3 is 2.79 bits per heavy atom. The fraction of sp³-hybridized carbons (Fsp3) is 0.400. The maximum Gasteiger partial charge on any atom is 0.0873 e. The Bertz CT molecular complexity index is 341. The van der Waals surface area contributed by atoms with E-state index in [1.165, 1.54) is 0 Å². The van der Waals surface area contributed by atoms with Crippen LogP contribution in [0.4, 0.5) is 0 Å². The summed E-state index contributed by atoms with van der Waals surface area (Å²) in [4.78, 5) is 2.23. The molecule has 1 N–H and O–H groups in total. The predicted molar refractivity (Wildman–Crippen MR) is 59.8 cm³/mol. The fourth-order valence-corrected chi connectivity index (χ4v) is 2.25. The molecular formula is C10H12Cl2N2. The van der Waals surface area contributed by atoms with Gasteiger partial charge < -0.3 is 0 Å². The topological polar surface area (TPSA) is 15.3 Å². The van der Waals surface area contributed by atoms with Crippen LogP contribution in [0.1, 0.15) is 11.7 Å². The fourth-order valence-electron chi connectivity index (χ4n) is 1.73. The van der Waals surface area contributed by atoms with Gasteiger partial charge in [-0.2, -0.15) is 0 Å². The smallest absolute Gasteiger partial charge is 0.0873 e. The maximum atomic E-state index is 6.12. The molecule has 2 nitrogen and oxygen atoms in total. The molecule has 0 amide bonds. The molecule has 0 spiro atoms. The van der Waals surface area contributed by atoms with Crippen LogP contribution in [0.2, 0.25) is 10.0 Å². The summed E-state index contributed by atoms with van der Waals surface area (Å²) in [7, 11) is 2.08.